The third kappa shape index (κ3) is 5.32. The first-order chi connectivity index (χ1) is 13.9. The summed E-state index contributed by atoms with van der Waals surface area (Å²) in [4.78, 5) is 12.4. The number of carbonyl (C=O) groups is 1. The fourth-order valence-electron chi connectivity index (χ4n) is 2.54. The number of aromatic nitrogens is 3. The number of nitrogens with one attached hydrogen (secondary N) is 1. The number of amides is 1. The molecule has 0 aliphatic rings. The second-order valence-electron chi connectivity index (χ2n) is 6.36. The Kier molecular flexibility index (Phi) is 7.21. The highest BCUT2D eigenvalue weighted by molar-refractivity contribution is 9.10. The Morgan fingerprint density at radius 2 is 1.97 bits per heavy atom. The summed E-state index contributed by atoms with van der Waals surface area (Å²) in [6.45, 7) is 4.23. The van der Waals surface area contributed by atoms with Crippen LogP contribution in [0.25, 0.3) is 0 Å². The SMILES string of the molecule is Cc1c(Br)ccc(NC(=O)CSc2nnc(COc3ccccc3Cl)n2C)c1C. The lowest BCUT2D eigenvalue weighted by molar-refractivity contribution is -0.113. The van der Waals surface area contributed by atoms with E-state index in [2.05, 4.69) is 31.4 Å². The van der Waals surface area contributed by atoms with Gasteiger partial charge in [0.05, 0.1) is 10.8 Å². The smallest absolute Gasteiger partial charge is 0.234 e. The maximum absolute atomic E-state index is 12.4. The lowest BCUT2D eigenvalue weighted by Crippen LogP contribution is -2.15. The number of anilines is 1. The van der Waals surface area contributed by atoms with E-state index in [1.807, 2.05) is 49.7 Å². The summed E-state index contributed by atoms with van der Waals surface area (Å²) in [5.41, 5.74) is 2.95. The van der Waals surface area contributed by atoms with Gasteiger partial charge in [0, 0.05) is 17.2 Å². The van der Waals surface area contributed by atoms with E-state index >= 15 is 0 Å². The first-order valence-corrected chi connectivity index (χ1v) is 11.0. The molecule has 3 rings (SSSR count). The van der Waals surface area contributed by atoms with E-state index < -0.39 is 0 Å². The number of rotatable bonds is 7. The number of hydrogen-bond acceptors (Lipinski definition) is 5. The summed E-state index contributed by atoms with van der Waals surface area (Å²) in [7, 11) is 1.84. The Hall–Kier alpha value is -2.03. The summed E-state index contributed by atoms with van der Waals surface area (Å²) < 4.78 is 8.54. The molecule has 1 heterocycles. The molecule has 152 valence electrons. The minimum absolute atomic E-state index is 0.100. The molecule has 0 saturated carbocycles. The van der Waals surface area contributed by atoms with E-state index in [-0.39, 0.29) is 18.3 Å². The van der Waals surface area contributed by atoms with Crippen molar-refractivity contribution in [2.45, 2.75) is 25.6 Å². The molecule has 0 spiro atoms. The van der Waals surface area contributed by atoms with Gasteiger partial charge in [-0.2, -0.15) is 0 Å². The van der Waals surface area contributed by atoms with E-state index in [0.29, 0.717) is 21.8 Å². The van der Waals surface area contributed by atoms with Gasteiger partial charge in [-0.3, -0.25) is 4.79 Å². The van der Waals surface area contributed by atoms with Crippen LogP contribution in [-0.4, -0.2) is 26.4 Å². The molecule has 0 fully saturated rings. The topological polar surface area (TPSA) is 69.0 Å². The number of para-hydroxylation sites is 1. The van der Waals surface area contributed by atoms with Gasteiger partial charge in [0.15, 0.2) is 11.0 Å². The van der Waals surface area contributed by atoms with Crippen molar-refractivity contribution in [3.8, 4) is 5.75 Å². The predicted molar refractivity (Wildman–Crippen MR) is 120 cm³/mol. The van der Waals surface area contributed by atoms with Crippen LogP contribution in [-0.2, 0) is 18.4 Å². The highest BCUT2D eigenvalue weighted by atomic mass is 79.9. The molecule has 0 aliphatic heterocycles. The molecule has 6 nitrogen and oxygen atoms in total. The molecule has 1 aromatic heterocycles. The number of ether oxygens (including phenoxy) is 1. The molecular weight excluding hydrogens is 476 g/mol. The molecule has 0 radical (unpaired) electrons. The normalized spacial score (nSPS) is 10.8. The zero-order chi connectivity index (χ0) is 21.0. The Morgan fingerprint density at radius 1 is 1.21 bits per heavy atom. The lowest BCUT2D eigenvalue weighted by Gasteiger charge is -2.11. The quantitative estimate of drug-likeness (QED) is 0.459. The first kappa shape index (κ1) is 21.7. The third-order valence-electron chi connectivity index (χ3n) is 4.45. The Bertz CT molecular complexity index is 1040. The van der Waals surface area contributed by atoms with Crippen LogP contribution in [0.3, 0.4) is 0 Å². The van der Waals surface area contributed by atoms with Crippen LogP contribution in [0.15, 0.2) is 46.0 Å². The van der Waals surface area contributed by atoms with Crippen molar-refractivity contribution < 1.29 is 9.53 Å². The van der Waals surface area contributed by atoms with Gasteiger partial charge in [0.25, 0.3) is 0 Å². The van der Waals surface area contributed by atoms with Crippen LogP contribution < -0.4 is 10.1 Å². The monoisotopic (exact) mass is 494 g/mol. The molecule has 0 saturated heterocycles. The molecule has 1 amide bonds. The van der Waals surface area contributed by atoms with Crippen LogP contribution in [0.2, 0.25) is 5.02 Å². The van der Waals surface area contributed by atoms with Crippen LogP contribution >= 0.6 is 39.3 Å². The van der Waals surface area contributed by atoms with E-state index in [9.17, 15) is 4.79 Å². The molecule has 3 aromatic rings. The molecule has 0 aliphatic carbocycles. The van der Waals surface area contributed by atoms with Gasteiger partial charge in [0.2, 0.25) is 5.91 Å². The van der Waals surface area contributed by atoms with Crippen molar-refractivity contribution in [3.63, 3.8) is 0 Å². The second kappa shape index (κ2) is 9.65. The summed E-state index contributed by atoms with van der Waals surface area (Å²) in [6.07, 6.45) is 0. The van der Waals surface area contributed by atoms with Gasteiger partial charge in [0.1, 0.15) is 12.4 Å². The average molecular weight is 496 g/mol. The van der Waals surface area contributed by atoms with Crippen molar-refractivity contribution in [1.29, 1.82) is 0 Å². The minimum atomic E-state index is -0.100. The van der Waals surface area contributed by atoms with Crippen molar-refractivity contribution >= 4 is 50.9 Å². The number of halogens is 2. The zero-order valence-electron chi connectivity index (χ0n) is 16.2. The van der Waals surface area contributed by atoms with Gasteiger partial charge in [-0.05, 0) is 49.2 Å². The number of benzene rings is 2. The van der Waals surface area contributed by atoms with Crippen LogP contribution in [0.1, 0.15) is 17.0 Å². The average Bonchev–Trinajstić information content (AvgIpc) is 3.06. The van der Waals surface area contributed by atoms with E-state index in [0.717, 1.165) is 21.3 Å². The second-order valence-corrected chi connectivity index (χ2v) is 8.56. The maximum Gasteiger partial charge on any atom is 0.234 e. The van der Waals surface area contributed by atoms with Crippen LogP contribution in [0.5, 0.6) is 5.75 Å². The number of hydrogen-bond donors (Lipinski definition) is 1. The number of nitrogens with zero attached hydrogens (tertiary/aromatic N) is 3. The molecular formula is C20H20BrClN4O2S. The molecule has 0 unspecified atom stereocenters. The molecule has 29 heavy (non-hydrogen) atoms. The maximum atomic E-state index is 12.4. The molecule has 1 N–H and O–H groups in total. The van der Waals surface area contributed by atoms with E-state index in [1.165, 1.54) is 11.8 Å². The van der Waals surface area contributed by atoms with Crippen LogP contribution in [0.4, 0.5) is 5.69 Å². The third-order valence-corrected chi connectivity index (χ3v) is 6.64. The Labute approximate surface area is 187 Å². The number of carbonyl (C=O) groups excluding carboxylic acids is 1. The Balaban J connectivity index is 1.57. The molecule has 0 atom stereocenters. The van der Waals surface area contributed by atoms with Crippen molar-refractivity contribution in [1.82, 2.24) is 14.8 Å². The fraction of sp³-hybridized carbons (Fsp3) is 0.250. The number of thioether (sulfide) groups is 1. The highest BCUT2D eigenvalue weighted by Gasteiger charge is 2.14. The Morgan fingerprint density at radius 3 is 2.72 bits per heavy atom. The molecule has 9 heteroatoms. The van der Waals surface area contributed by atoms with Gasteiger partial charge < -0.3 is 14.6 Å². The highest BCUT2D eigenvalue weighted by Crippen LogP contribution is 2.27. The first-order valence-electron chi connectivity index (χ1n) is 8.80. The standard InChI is InChI=1S/C20H20BrClN4O2S/c1-12-13(2)16(9-8-14(12)21)23-19(27)11-29-20-25-24-18(26(20)3)10-28-17-7-5-4-6-15(17)22/h4-9H,10-11H2,1-3H3,(H,23,27). The summed E-state index contributed by atoms with van der Waals surface area (Å²) in [5.74, 6) is 1.36. The molecule has 2 aromatic carbocycles. The van der Waals surface area contributed by atoms with E-state index in [4.69, 9.17) is 16.3 Å². The van der Waals surface area contributed by atoms with Crippen molar-refractivity contribution in [3.05, 3.63) is 62.8 Å². The van der Waals surface area contributed by atoms with Gasteiger partial charge in [-0.25, -0.2) is 0 Å². The van der Waals surface area contributed by atoms with Crippen molar-refractivity contribution in [2.24, 2.45) is 7.05 Å². The molecule has 0 bridgehead atoms. The van der Waals surface area contributed by atoms with Crippen molar-refractivity contribution in [2.75, 3.05) is 11.1 Å². The fourth-order valence-corrected chi connectivity index (χ4v) is 3.89. The van der Waals surface area contributed by atoms with Crippen LogP contribution in [0, 0.1) is 13.8 Å². The van der Waals surface area contributed by atoms with Gasteiger partial charge >= 0.3 is 0 Å². The van der Waals surface area contributed by atoms with E-state index in [1.54, 1.807) is 12.1 Å². The lowest BCUT2D eigenvalue weighted by atomic mass is 10.1. The van der Waals surface area contributed by atoms with Gasteiger partial charge in [-0.1, -0.05) is 51.4 Å². The largest absolute Gasteiger partial charge is 0.484 e. The summed E-state index contributed by atoms with van der Waals surface area (Å²) in [6, 6.07) is 11.1. The zero-order valence-corrected chi connectivity index (χ0v) is 19.4. The minimum Gasteiger partial charge on any atom is -0.484 e. The van der Waals surface area contributed by atoms with Gasteiger partial charge in [-0.15, -0.1) is 10.2 Å². The summed E-state index contributed by atoms with van der Waals surface area (Å²) in [5, 5.41) is 12.4. The predicted octanol–water partition coefficient (Wildman–Crippen LogP) is 5.16. The summed E-state index contributed by atoms with van der Waals surface area (Å²) >= 11 is 10.9.